The van der Waals surface area contributed by atoms with Crippen molar-refractivity contribution >= 4 is 16.9 Å². The van der Waals surface area contributed by atoms with Crippen molar-refractivity contribution in [3.8, 4) is 0 Å². The maximum atomic E-state index is 11.3. The predicted octanol–water partition coefficient (Wildman–Crippen LogP) is 2.84. The minimum atomic E-state index is -0.691. The summed E-state index contributed by atoms with van der Waals surface area (Å²) >= 11 is 0. The third kappa shape index (κ3) is 2.76. The number of fused-ring (bicyclic) bond motifs is 1. The third-order valence-corrected chi connectivity index (χ3v) is 4.37. The lowest BCUT2D eigenvalue weighted by Gasteiger charge is -2.20. The number of carboxylic acids is 1. The van der Waals surface area contributed by atoms with Crippen molar-refractivity contribution in [2.45, 2.75) is 26.8 Å². The molecule has 1 aromatic carbocycles. The first-order valence-electron chi connectivity index (χ1n) is 7.28. The summed E-state index contributed by atoms with van der Waals surface area (Å²) in [6.45, 7) is 6.08. The van der Waals surface area contributed by atoms with Crippen LogP contribution < -0.4 is 0 Å². The van der Waals surface area contributed by atoms with Gasteiger partial charge in [-0.15, -0.1) is 0 Å². The molecule has 1 aliphatic heterocycles. The zero-order chi connectivity index (χ0) is 15.0. The van der Waals surface area contributed by atoms with E-state index in [0.29, 0.717) is 6.54 Å². The topological polar surface area (TPSA) is 53.4 Å². The number of hydrogen-bond acceptors (Lipinski definition) is 3. The maximum Gasteiger partial charge on any atom is 0.310 e. The highest BCUT2D eigenvalue weighted by Gasteiger charge is 2.40. The molecule has 4 nitrogen and oxygen atoms in total. The molecule has 2 heterocycles. The van der Waals surface area contributed by atoms with Crippen molar-refractivity contribution in [3.05, 3.63) is 41.6 Å². The molecule has 4 heteroatoms. The number of nitrogens with zero attached hydrogens (tertiary/aromatic N) is 2. The predicted molar refractivity (Wildman–Crippen MR) is 82.1 cm³/mol. The van der Waals surface area contributed by atoms with Gasteiger partial charge in [-0.25, -0.2) is 0 Å². The molecule has 0 radical (unpaired) electrons. The Morgan fingerprint density at radius 2 is 2.19 bits per heavy atom. The van der Waals surface area contributed by atoms with Gasteiger partial charge in [0.2, 0.25) is 0 Å². The van der Waals surface area contributed by atoms with Crippen LogP contribution in [0.2, 0.25) is 0 Å². The monoisotopic (exact) mass is 284 g/mol. The fourth-order valence-corrected chi connectivity index (χ4v) is 3.00. The lowest BCUT2D eigenvalue weighted by Crippen LogP contribution is -2.31. The summed E-state index contributed by atoms with van der Waals surface area (Å²) in [4.78, 5) is 18.0. The first-order chi connectivity index (χ1) is 9.96. The summed E-state index contributed by atoms with van der Waals surface area (Å²) in [5.74, 6) is -0.691. The van der Waals surface area contributed by atoms with Crippen LogP contribution in [0.1, 0.15) is 24.6 Å². The zero-order valence-corrected chi connectivity index (χ0v) is 12.5. The molecule has 1 saturated heterocycles. The van der Waals surface area contributed by atoms with Gasteiger partial charge in [0.05, 0.1) is 10.9 Å². The van der Waals surface area contributed by atoms with E-state index in [1.807, 2.05) is 26.0 Å². The molecule has 3 rings (SSSR count). The van der Waals surface area contributed by atoms with Gasteiger partial charge in [0, 0.05) is 24.2 Å². The minimum Gasteiger partial charge on any atom is -0.481 e. The Morgan fingerprint density at radius 1 is 1.38 bits per heavy atom. The highest BCUT2D eigenvalue weighted by Crippen LogP contribution is 2.31. The van der Waals surface area contributed by atoms with Crippen LogP contribution in [0.15, 0.2) is 30.3 Å². The number of pyridine rings is 1. The highest BCUT2D eigenvalue weighted by molar-refractivity contribution is 5.79. The van der Waals surface area contributed by atoms with E-state index in [-0.39, 0.29) is 0 Å². The fourth-order valence-electron chi connectivity index (χ4n) is 3.00. The summed E-state index contributed by atoms with van der Waals surface area (Å²) in [5.41, 5.74) is 2.64. The number of aryl methyl sites for hydroxylation is 1. The van der Waals surface area contributed by atoms with Crippen LogP contribution in [0.4, 0.5) is 0 Å². The number of likely N-dealkylation sites (tertiary alicyclic amines) is 1. The van der Waals surface area contributed by atoms with Crippen LogP contribution in [-0.2, 0) is 11.3 Å². The molecule has 1 unspecified atom stereocenters. The third-order valence-electron chi connectivity index (χ3n) is 4.37. The molecule has 0 bridgehead atoms. The molecular weight excluding hydrogens is 264 g/mol. The van der Waals surface area contributed by atoms with Crippen LogP contribution in [-0.4, -0.2) is 34.0 Å². The van der Waals surface area contributed by atoms with E-state index < -0.39 is 11.4 Å². The van der Waals surface area contributed by atoms with Gasteiger partial charge in [0.25, 0.3) is 0 Å². The molecule has 1 aliphatic rings. The van der Waals surface area contributed by atoms with Gasteiger partial charge in [0.15, 0.2) is 0 Å². The van der Waals surface area contributed by atoms with Crippen LogP contribution in [0.3, 0.4) is 0 Å². The van der Waals surface area contributed by atoms with Crippen molar-refractivity contribution in [1.29, 1.82) is 0 Å². The first-order valence-corrected chi connectivity index (χ1v) is 7.28. The minimum absolute atomic E-state index is 0.602. The molecule has 21 heavy (non-hydrogen) atoms. The zero-order valence-electron chi connectivity index (χ0n) is 12.5. The van der Waals surface area contributed by atoms with Crippen molar-refractivity contribution in [3.63, 3.8) is 0 Å². The van der Waals surface area contributed by atoms with E-state index in [0.717, 1.165) is 36.1 Å². The second kappa shape index (κ2) is 5.11. The summed E-state index contributed by atoms with van der Waals surface area (Å²) in [6, 6.07) is 10.4. The lowest BCUT2D eigenvalue weighted by atomic mass is 9.90. The molecule has 2 aromatic rings. The second-order valence-electron chi connectivity index (χ2n) is 6.31. The van der Waals surface area contributed by atoms with Crippen molar-refractivity contribution in [2.75, 3.05) is 13.1 Å². The Labute approximate surface area is 124 Å². The maximum absolute atomic E-state index is 11.3. The Morgan fingerprint density at radius 3 is 2.90 bits per heavy atom. The molecule has 0 saturated carbocycles. The second-order valence-corrected chi connectivity index (χ2v) is 6.31. The van der Waals surface area contributed by atoms with E-state index >= 15 is 0 Å². The van der Waals surface area contributed by atoms with E-state index in [4.69, 9.17) is 0 Å². The van der Waals surface area contributed by atoms with Gasteiger partial charge in [-0.2, -0.15) is 0 Å². The van der Waals surface area contributed by atoms with Crippen LogP contribution >= 0.6 is 0 Å². The average Bonchev–Trinajstić information content (AvgIpc) is 2.82. The SMILES string of the molecule is Cc1ccc2cc(CN3CCC(C)(C(=O)O)C3)ccc2n1. The van der Waals surface area contributed by atoms with E-state index in [1.165, 1.54) is 5.56 Å². The first kappa shape index (κ1) is 14.0. The van der Waals surface area contributed by atoms with E-state index in [2.05, 4.69) is 28.1 Å². The molecule has 1 N–H and O–H groups in total. The fraction of sp³-hybridized carbons (Fsp3) is 0.412. The molecule has 110 valence electrons. The molecule has 1 atom stereocenters. The molecule has 0 spiro atoms. The quantitative estimate of drug-likeness (QED) is 0.941. The van der Waals surface area contributed by atoms with Gasteiger partial charge >= 0.3 is 5.97 Å². The largest absolute Gasteiger partial charge is 0.481 e. The van der Waals surface area contributed by atoms with Gasteiger partial charge in [0.1, 0.15) is 0 Å². The summed E-state index contributed by atoms with van der Waals surface area (Å²) in [6.07, 6.45) is 0.719. The van der Waals surface area contributed by atoms with Crippen molar-refractivity contribution < 1.29 is 9.90 Å². The standard InChI is InChI=1S/C17H20N2O2/c1-12-3-5-14-9-13(4-6-15(14)18-12)10-19-8-7-17(2,11-19)16(20)21/h3-6,9H,7-8,10-11H2,1-2H3,(H,20,21). The van der Waals surface area contributed by atoms with Crippen LogP contribution in [0.25, 0.3) is 10.9 Å². The summed E-state index contributed by atoms with van der Waals surface area (Å²) in [5, 5.41) is 10.4. The number of aliphatic carboxylic acids is 1. The van der Waals surface area contributed by atoms with Crippen LogP contribution in [0.5, 0.6) is 0 Å². The molecule has 1 aromatic heterocycles. The average molecular weight is 284 g/mol. The van der Waals surface area contributed by atoms with Crippen molar-refractivity contribution in [2.24, 2.45) is 5.41 Å². The lowest BCUT2D eigenvalue weighted by molar-refractivity contribution is -0.147. The van der Waals surface area contributed by atoms with E-state index in [1.54, 1.807) is 0 Å². The van der Waals surface area contributed by atoms with Gasteiger partial charge in [-0.1, -0.05) is 12.1 Å². The number of carboxylic acid groups (broad SMARTS) is 1. The highest BCUT2D eigenvalue weighted by atomic mass is 16.4. The van der Waals surface area contributed by atoms with Gasteiger partial charge < -0.3 is 5.11 Å². The Kier molecular flexibility index (Phi) is 3.41. The normalized spacial score (nSPS) is 22.8. The van der Waals surface area contributed by atoms with Crippen molar-refractivity contribution in [1.82, 2.24) is 9.88 Å². The summed E-state index contributed by atoms with van der Waals surface area (Å²) in [7, 11) is 0. The number of aromatic nitrogens is 1. The number of hydrogen-bond donors (Lipinski definition) is 1. The molecule has 0 amide bonds. The van der Waals surface area contributed by atoms with Crippen LogP contribution in [0, 0.1) is 12.3 Å². The van der Waals surface area contributed by atoms with Gasteiger partial charge in [-0.3, -0.25) is 14.7 Å². The Hall–Kier alpha value is -1.94. The smallest absolute Gasteiger partial charge is 0.310 e. The molecule has 1 fully saturated rings. The number of carbonyl (C=O) groups is 1. The molecule has 0 aliphatic carbocycles. The number of benzene rings is 1. The Bertz CT molecular complexity index is 698. The van der Waals surface area contributed by atoms with E-state index in [9.17, 15) is 9.90 Å². The van der Waals surface area contributed by atoms with Gasteiger partial charge in [-0.05, 0) is 50.6 Å². The number of rotatable bonds is 3. The molecular formula is C17H20N2O2. The Balaban J connectivity index is 1.77. The summed E-state index contributed by atoms with van der Waals surface area (Å²) < 4.78 is 0.